The molecule has 0 bridgehead atoms. The Bertz CT molecular complexity index is 405. The lowest BCUT2D eigenvalue weighted by Crippen LogP contribution is -2.31. The molecule has 2 N–H and O–H groups in total. The van der Waals surface area contributed by atoms with Gasteiger partial charge < -0.3 is 10.2 Å². The van der Waals surface area contributed by atoms with E-state index in [1.54, 1.807) is 0 Å². The lowest BCUT2D eigenvalue weighted by Gasteiger charge is -2.30. The lowest BCUT2D eigenvalue weighted by molar-refractivity contribution is -0.151. The van der Waals surface area contributed by atoms with Crippen LogP contribution in [0.1, 0.15) is 135 Å². The molecule has 0 amide bonds. The zero-order valence-electron chi connectivity index (χ0n) is 18.1. The molecular formula is C24H44O4. The first kappa shape index (κ1) is 25.0. The normalized spacial score (nSPS) is 19.1. The van der Waals surface area contributed by atoms with Gasteiger partial charge in [-0.2, -0.15) is 0 Å². The number of carboxylic acids is 2. The molecule has 0 saturated heterocycles. The van der Waals surface area contributed by atoms with Crippen molar-refractivity contribution in [2.45, 2.75) is 135 Å². The highest BCUT2D eigenvalue weighted by Gasteiger charge is 2.36. The molecule has 0 unspecified atom stereocenters. The first-order valence-corrected chi connectivity index (χ1v) is 12.0. The fourth-order valence-corrected chi connectivity index (χ4v) is 4.66. The summed E-state index contributed by atoms with van der Waals surface area (Å²) in [6.07, 6.45) is 22.4. The summed E-state index contributed by atoms with van der Waals surface area (Å²) >= 11 is 0. The predicted octanol–water partition coefficient (Wildman–Crippen LogP) is 7.35. The summed E-state index contributed by atoms with van der Waals surface area (Å²) in [6.45, 7) is 0. The molecule has 0 spiro atoms. The summed E-state index contributed by atoms with van der Waals surface area (Å²) in [5, 5.41) is 18.7. The van der Waals surface area contributed by atoms with Crippen LogP contribution in [-0.4, -0.2) is 22.2 Å². The highest BCUT2D eigenvalue weighted by molar-refractivity contribution is 5.74. The SMILES string of the molecule is O=C(O)CCCCCCCCCC1(C(=O)O)CCCCCCCCCCCC1. The van der Waals surface area contributed by atoms with E-state index in [-0.39, 0.29) is 6.42 Å². The highest BCUT2D eigenvalue weighted by Crippen LogP contribution is 2.38. The Morgan fingerprint density at radius 2 is 0.964 bits per heavy atom. The molecule has 0 aliphatic heterocycles. The largest absolute Gasteiger partial charge is 0.481 e. The monoisotopic (exact) mass is 396 g/mol. The molecule has 1 rings (SSSR count). The summed E-state index contributed by atoms with van der Waals surface area (Å²) in [7, 11) is 0. The highest BCUT2D eigenvalue weighted by atomic mass is 16.4. The molecule has 0 aromatic carbocycles. The van der Waals surface area contributed by atoms with Crippen LogP contribution in [0.15, 0.2) is 0 Å². The second-order valence-electron chi connectivity index (χ2n) is 8.99. The number of carbonyl (C=O) groups is 2. The summed E-state index contributed by atoms with van der Waals surface area (Å²) in [5.74, 6) is -1.26. The quantitative estimate of drug-likeness (QED) is 0.358. The molecule has 1 aliphatic carbocycles. The van der Waals surface area contributed by atoms with Crippen LogP contribution in [0.3, 0.4) is 0 Å². The average Bonchev–Trinajstić information content (AvgIpc) is 2.68. The third-order valence-corrected chi connectivity index (χ3v) is 6.56. The standard InChI is InChI=1S/C24H44O4/c25-22(26)18-14-10-6-5-9-13-17-21-24(23(27)28)19-15-11-7-3-1-2-4-8-12-16-20-24/h1-21H2,(H,25,26)(H,27,28). The van der Waals surface area contributed by atoms with Gasteiger partial charge in [-0.3, -0.25) is 9.59 Å². The Morgan fingerprint density at radius 3 is 1.39 bits per heavy atom. The molecular weight excluding hydrogens is 352 g/mol. The van der Waals surface area contributed by atoms with Crippen molar-refractivity contribution in [2.75, 3.05) is 0 Å². The topological polar surface area (TPSA) is 74.6 Å². The van der Waals surface area contributed by atoms with Crippen molar-refractivity contribution < 1.29 is 19.8 Å². The summed E-state index contributed by atoms with van der Waals surface area (Å²) < 4.78 is 0. The fraction of sp³-hybridized carbons (Fsp3) is 0.917. The van der Waals surface area contributed by atoms with Crippen molar-refractivity contribution in [2.24, 2.45) is 5.41 Å². The van der Waals surface area contributed by atoms with E-state index < -0.39 is 17.4 Å². The fourth-order valence-electron chi connectivity index (χ4n) is 4.66. The lowest BCUT2D eigenvalue weighted by atomic mass is 9.74. The Morgan fingerprint density at radius 1 is 0.571 bits per heavy atom. The molecule has 0 atom stereocenters. The maximum atomic E-state index is 12.2. The molecule has 28 heavy (non-hydrogen) atoms. The van der Waals surface area contributed by atoms with Gasteiger partial charge in [0, 0.05) is 6.42 Å². The van der Waals surface area contributed by atoms with E-state index in [9.17, 15) is 14.7 Å². The van der Waals surface area contributed by atoms with Crippen LogP contribution in [0.2, 0.25) is 0 Å². The van der Waals surface area contributed by atoms with Gasteiger partial charge >= 0.3 is 11.9 Å². The Hall–Kier alpha value is -1.06. The van der Waals surface area contributed by atoms with Gasteiger partial charge in [0.1, 0.15) is 0 Å². The van der Waals surface area contributed by atoms with Crippen molar-refractivity contribution in [3.8, 4) is 0 Å². The van der Waals surface area contributed by atoms with Crippen molar-refractivity contribution in [1.29, 1.82) is 0 Å². The molecule has 1 saturated carbocycles. The van der Waals surface area contributed by atoms with E-state index >= 15 is 0 Å². The van der Waals surface area contributed by atoms with Gasteiger partial charge in [0.05, 0.1) is 5.41 Å². The van der Waals surface area contributed by atoms with Gasteiger partial charge in [-0.25, -0.2) is 0 Å². The molecule has 0 radical (unpaired) electrons. The summed E-state index contributed by atoms with van der Waals surface area (Å²) in [4.78, 5) is 22.7. The van der Waals surface area contributed by atoms with Crippen molar-refractivity contribution in [3.63, 3.8) is 0 Å². The van der Waals surface area contributed by atoms with Crippen LogP contribution in [-0.2, 0) is 9.59 Å². The third kappa shape index (κ3) is 11.7. The molecule has 0 aromatic heterocycles. The maximum absolute atomic E-state index is 12.2. The van der Waals surface area contributed by atoms with Crippen LogP contribution in [0, 0.1) is 5.41 Å². The van der Waals surface area contributed by atoms with Crippen molar-refractivity contribution in [3.05, 3.63) is 0 Å². The minimum atomic E-state index is -0.702. The average molecular weight is 397 g/mol. The minimum absolute atomic E-state index is 0.279. The van der Waals surface area contributed by atoms with Crippen LogP contribution < -0.4 is 0 Å². The molecule has 1 aliphatic rings. The Kier molecular flexibility index (Phi) is 14.1. The predicted molar refractivity (Wildman–Crippen MR) is 115 cm³/mol. The molecule has 0 heterocycles. The Labute approximate surface area is 172 Å². The maximum Gasteiger partial charge on any atom is 0.309 e. The summed E-state index contributed by atoms with van der Waals surface area (Å²) in [6, 6.07) is 0. The molecule has 4 nitrogen and oxygen atoms in total. The number of carboxylic acid groups (broad SMARTS) is 2. The number of unbranched alkanes of at least 4 members (excludes halogenated alkanes) is 6. The van der Waals surface area contributed by atoms with Gasteiger partial charge in [0.15, 0.2) is 0 Å². The van der Waals surface area contributed by atoms with Gasteiger partial charge in [-0.1, -0.05) is 103 Å². The van der Waals surface area contributed by atoms with E-state index in [0.29, 0.717) is 0 Å². The number of aliphatic carboxylic acids is 2. The minimum Gasteiger partial charge on any atom is -0.481 e. The van der Waals surface area contributed by atoms with E-state index in [4.69, 9.17) is 5.11 Å². The van der Waals surface area contributed by atoms with Gasteiger partial charge in [-0.15, -0.1) is 0 Å². The van der Waals surface area contributed by atoms with Crippen LogP contribution in [0.4, 0.5) is 0 Å². The van der Waals surface area contributed by atoms with E-state index in [1.807, 2.05) is 0 Å². The molecule has 164 valence electrons. The Balaban J connectivity index is 2.34. The van der Waals surface area contributed by atoms with Gasteiger partial charge in [0.2, 0.25) is 0 Å². The zero-order valence-corrected chi connectivity index (χ0v) is 18.1. The number of hydrogen-bond donors (Lipinski definition) is 2. The number of rotatable bonds is 11. The first-order chi connectivity index (χ1) is 13.6. The van der Waals surface area contributed by atoms with Crippen LogP contribution >= 0.6 is 0 Å². The van der Waals surface area contributed by atoms with E-state index in [2.05, 4.69) is 0 Å². The third-order valence-electron chi connectivity index (χ3n) is 6.56. The van der Waals surface area contributed by atoms with Crippen molar-refractivity contribution >= 4 is 11.9 Å². The van der Waals surface area contributed by atoms with Crippen LogP contribution in [0.5, 0.6) is 0 Å². The smallest absolute Gasteiger partial charge is 0.309 e. The van der Waals surface area contributed by atoms with E-state index in [1.165, 1.54) is 51.4 Å². The molecule has 4 heteroatoms. The molecule has 1 fully saturated rings. The summed E-state index contributed by atoms with van der Waals surface area (Å²) in [5.41, 5.74) is -0.491. The van der Waals surface area contributed by atoms with Gasteiger partial charge in [-0.05, 0) is 25.7 Å². The zero-order chi connectivity index (χ0) is 20.5. The molecule has 0 aromatic rings. The second kappa shape index (κ2) is 15.8. The van der Waals surface area contributed by atoms with E-state index in [0.717, 1.165) is 77.0 Å². The second-order valence-corrected chi connectivity index (χ2v) is 8.99. The number of hydrogen-bond acceptors (Lipinski definition) is 2. The van der Waals surface area contributed by atoms with Crippen molar-refractivity contribution in [1.82, 2.24) is 0 Å². The van der Waals surface area contributed by atoms with Crippen LogP contribution in [0.25, 0.3) is 0 Å². The van der Waals surface area contributed by atoms with Gasteiger partial charge in [0.25, 0.3) is 0 Å². The first-order valence-electron chi connectivity index (χ1n) is 12.0.